The average Bonchev–Trinajstić information content (AvgIpc) is 2.37. The van der Waals surface area contributed by atoms with E-state index in [4.69, 9.17) is 0 Å². The lowest BCUT2D eigenvalue weighted by atomic mass is 9.84. The highest BCUT2D eigenvalue weighted by molar-refractivity contribution is 5.15. The Kier molecular flexibility index (Phi) is 6.63. The molecule has 1 rings (SSSR count). The topological polar surface area (TPSA) is 15.3 Å². The standard InChI is InChI=1S/C17H29FN2/c1-6-11-19-14(2)17(3,4)13-20(5)12-15-7-9-16(18)10-8-15/h7-10,14,19H,6,11-13H2,1-5H3. The summed E-state index contributed by atoms with van der Waals surface area (Å²) in [4.78, 5) is 2.30. The number of hydrogen-bond donors (Lipinski definition) is 1. The van der Waals surface area contributed by atoms with Gasteiger partial charge in [0.25, 0.3) is 0 Å². The largest absolute Gasteiger partial charge is 0.314 e. The molecule has 1 N–H and O–H groups in total. The molecule has 0 aliphatic carbocycles. The minimum atomic E-state index is -0.172. The maximum Gasteiger partial charge on any atom is 0.123 e. The fraction of sp³-hybridized carbons (Fsp3) is 0.647. The molecule has 0 radical (unpaired) electrons. The molecule has 0 saturated heterocycles. The van der Waals surface area contributed by atoms with Crippen LogP contribution in [0.15, 0.2) is 24.3 Å². The van der Waals surface area contributed by atoms with Crippen molar-refractivity contribution in [2.45, 2.75) is 46.7 Å². The fourth-order valence-corrected chi connectivity index (χ4v) is 2.43. The van der Waals surface area contributed by atoms with Gasteiger partial charge in [0.05, 0.1) is 0 Å². The molecule has 0 spiro atoms. The van der Waals surface area contributed by atoms with Crippen LogP contribution in [0, 0.1) is 11.2 Å². The van der Waals surface area contributed by atoms with E-state index in [2.05, 4.69) is 45.0 Å². The van der Waals surface area contributed by atoms with Gasteiger partial charge >= 0.3 is 0 Å². The molecule has 0 bridgehead atoms. The molecule has 0 aliphatic rings. The molecule has 0 heterocycles. The van der Waals surface area contributed by atoms with Crippen LogP contribution in [-0.2, 0) is 6.54 Å². The zero-order valence-electron chi connectivity index (χ0n) is 13.5. The van der Waals surface area contributed by atoms with E-state index in [0.29, 0.717) is 6.04 Å². The van der Waals surface area contributed by atoms with Crippen molar-refractivity contribution < 1.29 is 4.39 Å². The van der Waals surface area contributed by atoms with Crippen LogP contribution in [-0.4, -0.2) is 31.1 Å². The van der Waals surface area contributed by atoms with Crippen molar-refractivity contribution in [3.05, 3.63) is 35.6 Å². The van der Waals surface area contributed by atoms with Crippen LogP contribution in [0.25, 0.3) is 0 Å². The Labute approximate surface area is 123 Å². The maximum atomic E-state index is 12.9. The van der Waals surface area contributed by atoms with Crippen LogP contribution in [0.4, 0.5) is 4.39 Å². The van der Waals surface area contributed by atoms with Gasteiger partial charge < -0.3 is 10.2 Å². The van der Waals surface area contributed by atoms with Crippen LogP contribution in [0.2, 0.25) is 0 Å². The quantitative estimate of drug-likeness (QED) is 0.781. The predicted octanol–water partition coefficient (Wildman–Crippen LogP) is 3.67. The summed E-state index contributed by atoms with van der Waals surface area (Å²) >= 11 is 0. The Morgan fingerprint density at radius 1 is 1.25 bits per heavy atom. The maximum absolute atomic E-state index is 12.9. The first-order valence-corrected chi connectivity index (χ1v) is 7.51. The van der Waals surface area contributed by atoms with Crippen molar-refractivity contribution in [3.8, 4) is 0 Å². The lowest BCUT2D eigenvalue weighted by Gasteiger charge is -2.36. The molecule has 2 nitrogen and oxygen atoms in total. The van der Waals surface area contributed by atoms with Crippen LogP contribution >= 0.6 is 0 Å². The third-order valence-corrected chi connectivity index (χ3v) is 3.92. The van der Waals surface area contributed by atoms with E-state index in [9.17, 15) is 4.39 Å². The van der Waals surface area contributed by atoms with Crippen LogP contribution in [0.1, 0.15) is 39.7 Å². The number of hydrogen-bond acceptors (Lipinski definition) is 2. The van der Waals surface area contributed by atoms with Gasteiger partial charge in [-0.05, 0) is 50.0 Å². The molecule has 1 aromatic carbocycles. The average molecular weight is 280 g/mol. The zero-order valence-corrected chi connectivity index (χ0v) is 13.5. The van der Waals surface area contributed by atoms with Crippen molar-refractivity contribution in [1.29, 1.82) is 0 Å². The van der Waals surface area contributed by atoms with Crippen molar-refractivity contribution in [3.63, 3.8) is 0 Å². The number of rotatable bonds is 8. The molecule has 114 valence electrons. The van der Waals surface area contributed by atoms with E-state index in [0.717, 1.165) is 31.6 Å². The molecule has 0 fully saturated rings. The second-order valence-electron chi connectivity index (χ2n) is 6.46. The van der Waals surface area contributed by atoms with E-state index >= 15 is 0 Å². The first-order chi connectivity index (χ1) is 9.35. The predicted molar refractivity (Wildman–Crippen MR) is 84.3 cm³/mol. The first kappa shape index (κ1) is 17.1. The molecule has 0 aliphatic heterocycles. The van der Waals surface area contributed by atoms with Crippen LogP contribution in [0.5, 0.6) is 0 Å². The summed E-state index contributed by atoms with van der Waals surface area (Å²) < 4.78 is 12.9. The highest BCUT2D eigenvalue weighted by Crippen LogP contribution is 2.22. The van der Waals surface area contributed by atoms with Gasteiger partial charge in [0.15, 0.2) is 0 Å². The highest BCUT2D eigenvalue weighted by Gasteiger charge is 2.26. The molecule has 0 aromatic heterocycles. The number of benzene rings is 1. The van der Waals surface area contributed by atoms with Gasteiger partial charge in [-0.1, -0.05) is 32.9 Å². The van der Waals surface area contributed by atoms with Gasteiger partial charge in [-0.25, -0.2) is 4.39 Å². The van der Waals surface area contributed by atoms with Crippen molar-refractivity contribution in [2.75, 3.05) is 20.1 Å². The minimum absolute atomic E-state index is 0.172. The summed E-state index contributed by atoms with van der Waals surface area (Å²) in [6, 6.07) is 7.24. The molecule has 3 heteroatoms. The summed E-state index contributed by atoms with van der Waals surface area (Å²) in [6.07, 6.45) is 1.16. The van der Waals surface area contributed by atoms with Gasteiger partial charge in [-0.15, -0.1) is 0 Å². The number of nitrogens with zero attached hydrogens (tertiary/aromatic N) is 1. The molecule has 1 aromatic rings. The summed E-state index contributed by atoms with van der Waals surface area (Å²) in [5, 5.41) is 3.57. The Morgan fingerprint density at radius 3 is 2.40 bits per heavy atom. The molecular formula is C17H29FN2. The van der Waals surface area contributed by atoms with Crippen LogP contribution < -0.4 is 5.32 Å². The minimum Gasteiger partial charge on any atom is -0.314 e. The van der Waals surface area contributed by atoms with Gasteiger partial charge in [-0.3, -0.25) is 0 Å². The van der Waals surface area contributed by atoms with E-state index in [1.165, 1.54) is 12.1 Å². The SMILES string of the molecule is CCCNC(C)C(C)(C)CN(C)Cc1ccc(F)cc1. The van der Waals surface area contributed by atoms with Crippen molar-refractivity contribution in [2.24, 2.45) is 5.41 Å². The van der Waals surface area contributed by atoms with E-state index in [1.54, 1.807) is 0 Å². The monoisotopic (exact) mass is 280 g/mol. The van der Waals surface area contributed by atoms with Gasteiger partial charge in [-0.2, -0.15) is 0 Å². The summed E-state index contributed by atoms with van der Waals surface area (Å²) in [5.41, 5.74) is 1.35. The zero-order chi connectivity index (χ0) is 15.2. The number of halogens is 1. The first-order valence-electron chi connectivity index (χ1n) is 7.51. The van der Waals surface area contributed by atoms with Gasteiger partial charge in [0.2, 0.25) is 0 Å². The van der Waals surface area contributed by atoms with E-state index in [1.807, 2.05) is 12.1 Å². The van der Waals surface area contributed by atoms with Gasteiger partial charge in [0.1, 0.15) is 5.82 Å². The van der Waals surface area contributed by atoms with Crippen molar-refractivity contribution >= 4 is 0 Å². The lowest BCUT2D eigenvalue weighted by molar-refractivity contribution is 0.160. The highest BCUT2D eigenvalue weighted by atomic mass is 19.1. The second-order valence-corrected chi connectivity index (χ2v) is 6.46. The lowest BCUT2D eigenvalue weighted by Crippen LogP contribution is -2.46. The molecular weight excluding hydrogens is 251 g/mol. The third kappa shape index (κ3) is 5.59. The van der Waals surface area contributed by atoms with Crippen LogP contribution in [0.3, 0.4) is 0 Å². The summed E-state index contributed by atoms with van der Waals surface area (Å²) in [5.74, 6) is -0.172. The Morgan fingerprint density at radius 2 is 1.85 bits per heavy atom. The molecule has 0 saturated carbocycles. The third-order valence-electron chi connectivity index (χ3n) is 3.92. The van der Waals surface area contributed by atoms with E-state index < -0.39 is 0 Å². The second kappa shape index (κ2) is 7.75. The fourth-order valence-electron chi connectivity index (χ4n) is 2.43. The molecule has 1 atom stereocenters. The van der Waals surface area contributed by atoms with Crippen molar-refractivity contribution in [1.82, 2.24) is 10.2 Å². The van der Waals surface area contributed by atoms with E-state index in [-0.39, 0.29) is 11.2 Å². The Bertz CT molecular complexity index is 386. The normalized spacial score (nSPS) is 13.8. The number of nitrogens with one attached hydrogen (secondary N) is 1. The smallest absolute Gasteiger partial charge is 0.123 e. The Balaban J connectivity index is 2.51. The summed E-state index contributed by atoms with van der Waals surface area (Å²) in [7, 11) is 2.12. The molecule has 20 heavy (non-hydrogen) atoms. The summed E-state index contributed by atoms with van der Waals surface area (Å²) in [6.45, 7) is 11.9. The molecule has 1 unspecified atom stereocenters. The Hall–Kier alpha value is -0.930. The van der Waals surface area contributed by atoms with Gasteiger partial charge in [0, 0.05) is 19.1 Å². The molecule has 0 amide bonds.